The Labute approximate surface area is 124 Å². The van der Waals surface area contributed by atoms with E-state index in [1.807, 2.05) is 0 Å². The van der Waals surface area contributed by atoms with Gasteiger partial charge in [0, 0.05) is 37.7 Å². The second kappa shape index (κ2) is 6.84. The fraction of sp³-hybridized carbons (Fsp3) is 0.357. The summed E-state index contributed by atoms with van der Waals surface area (Å²) >= 11 is 0. The summed E-state index contributed by atoms with van der Waals surface area (Å²) in [6.07, 6.45) is 1.47. The number of benzene rings is 1. The normalized spacial score (nSPS) is 15.2. The lowest BCUT2D eigenvalue weighted by Crippen LogP contribution is -2.48. The van der Waals surface area contributed by atoms with E-state index in [0.717, 1.165) is 13.1 Å². The molecule has 0 aliphatic carbocycles. The Morgan fingerprint density at radius 2 is 2.00 bits per heavy atom. The van der Waals surface area contributed by atoms with E-state index in [0.29, 0.717) is 18.0 Å². The number of sulfonamides is 1. The van der Waals surface area contributed by atoms with Crippen LogP contribution in [0.3, 0.4) is 0 Å². The minimum atomic E-state index is -3.55. The zero-order valence-electron chi connectivity index (χ0n) is 11.6. The van der Waals surface area contributed by atoms with E-state index in [9.17, 15) is 13.2 Å². The molecule has 21 heavy (non-hydrogen) atoms. The summed E-state index contributed by atoms with van der Waals surface area (Å²) in [6.45, 7) is 6.10. The second-order valence-electron chi connectivity index (χ2n) is 4.90. The highest BCUT2D eigenvalue weighted by Gasteiger charge is 2.18. The zero-order chi connectivity index (χ0) is 15.3. The van der Waals surface area contributed by atoms with Crippen LogP contribution in [0.15, 0.2) is 41.8 Å². The Balaban J connectivity index is 1.97. The third-order valence-corrected chi connectivity index (χ3v) is 4.70. The van der Waals surface area contributed by atoms with Crippen LogP contribution >= 0.6 is 0 Å². The van der Waals surface area contributed by atoms with E-state index >= 15 is 0 Å². The van der Waals surface area contributed by atoms with Gasteiger partial charge in [-0.1, -0.05) is 6.08 Å². The molecule has 1 fully saturated rings. The minimum Gasteiger partial charge on any atom is -0.352 e. The van der Waals surface area contributed by atoms with Gasteiger partial charge in [-0.2, -0.15) is 0 Å². The molecule has 7 heteroatoms. The molecule has 1 aliphatic rings. The van der Waals surface area contributed by atoms with Crippen LogP contribution in [-0.2, 0) is 10.0 Å². The van der Waals surface area contributed by atoms with Crippen LogP contribution in [0.25, 0.3) is 0 Å². The van der Waals surface area contributed by atoms with Crippen LogP contribution in [0.4, 0.5) is 0 Å². The number of carbonyl (C=O) groups excluding carboxylic acids is 1. The van der Waals surface area contributed by atoms with Crippen molar-refractivity contribution >= 4 is 15.9 Å². The molecule has 1 aromatic rings. The molecule has 3 N–H and O–H groups in total. The predicted octanol–water partition coefficient (Wildman–Crippen LogP) is 0.100. The van der Waals surface area contributed by atoms with Gasteiger partial charge in [-0.05, 0) is 24.3 Å². The number of hydrogen-bond donors (Lipinski definition) is 3. The molecule has 0 radical (unpaired) electrons. The molecule has 1 saturated heterocycles. The fourth-order valence-electron chi connectivity index (χ4n) is 1.87. The van der Waals surface area contributed by atoms with E-state index in [1.165, 1.54) is 30.3 Å². The fourth-order valence-corrected chi connectivity index (χ4v) is 2.87. The van der Waals surface area contributed by atoms with E-state index < -0.39 is 10.0 Å². The summed E-state index contributed by atoms with van der Waals surface area (Å²) in [5, 5.41) is 5.97. The molecule has 114 valence electrons. The lowest BCUT2D eigenvalue weighted by Gasteiger charge is -2.27. The lowest BCUT2D eigenvalue weighted by atomic mass is 10.0. The number of carbonyl (C=O) groups is 1. The van der Waals surface area contributed by atoms with Gasteiger partial charge in [0.1, 0.15) is 0 Å². The Morgan fingerprint density at radius 1 is 1.33 bits per heavy atom. The van der Waals surface area contributed by atoms with Crippen molar-refractivity contribution in [3.05, 3.63) is 42.5 Å². The summed E-state index contributed by atoms with van der Waals surface area (Å²) in [4.78, 5) is 12.0. The predicted molar refractivity (Wildman–Crippen MR) is 80.5 cm³/mol. The first kappa shape index (κ1) is 15.7. The van der Waals surface area contributed by atoms with Crippen LogP contribution < -0.4 is 15.4 Å². The molecule has 0 aromatic heterocycles. The maximum absolute atomic E-state index is 11.9. The monoisotopic (exact) mass is 309 g/mol. The molecule has 6 nitrogen and oxygen atoms in total. The Bertz CT molecular complexity index is 607. The first-order valence-corrected chi connectivity index (χ1v) is 8.21. The number of amides is 1. The highest BCUT2D eigenvalue weighted by Crippen LogP contribution is 2.10. The molecule has 1 aliphatic heterocycles. The molecule has 0 saturated carbocycles. The molecular weight excluding hydrogens is 290 g/mol. The molecule has 0 unspecified atom stereocenters. The van der Waals surface area contributed by atoms with Crippen LogP contribution in [0.5, 0.6) is 0 Å². The van der Waals surface area contributed by atoms with Gasteiger partial charge in [0.05, 0.1) is 4.90 Å². The van der Waals surface area contributed by atoms with Gasteiger partial charge >= 0.3 is 0 Å². The molecule has 1 amide bonds. The van der Waals surface area contributed by atoms with Crippen LogP contribution in [0.1, 0.15) is 10.4 Å². The van der Waals surface area contributed by atoms with Crippen molar-refractivity contribution in [3.8, 4) is 0 Å². The number of hydrogen-bond acceptors (Lipinski definition) is 4. The first-order valence-electron chi connectivity index (χ1n) is 6.72. The largest absolute Gasteiger partial charge is 0.352 e. The van der Waals surface area contributed by atoms with Crippen molar-refractivity contribution < 1.29 is 13.2 Å². The van der Waals surface area contributed by atoms with E-state index in [1.54, 1.807) is 0 Å². The molecule has 1 heterocycles. The molecule has 0 bridgehead atoms. The SMILES string of the molecule is C=CCNS(=O)(=O)c1ccc(C(=O)NCC2CNC2)cc1. The minimum absolute atomic E-state index is 0.129. The third-order valence-electron chi connectivity index (χ3n) is 3.26. The molecule has 0 spiro atoms. The average Bonchev–Trinajstić information content (AvgIpc) is 2.43. The second-order valence-corrected chi connectivity index (χ2v) is 6.67. The number of nitrogens with one attached hydrogen (secondary N) is 3. The van der Waals surface area contributed by atoms with Gasteiger partial charge in [-0.15, -0.1) is 6.58 Å². The van der Waals surface area contributed by atoms with Crippen molar-refractivity contribution in [2.24, 2.45) is 5.92 Å². The summed E-state index contributed by atoms with van der Waals surface area (Å²) in [5.41, 5.74) is 0.449. The van der Waals surface area contributed by atoms with Crippen molar-refractivity contribution in [1.82, 2.24) is 15.4 Å². The van der Waals surface area contributed by atoms with E-state index in [-0.39, 0.29) is 17.3 Å². The van der Waals surface area contributed by atoms with Gasteiger partial charge in [0.2, 0.25) is 10.0 Å². The van der Waals surface area contributed by atoms with Crippen molar-refractivity contribution in [2.75, 3.05) is 26.2 Å². The quantitative estimate of drug-likeness (QED) is 0.624. The van der Waals surface area contributed by atoms with Gasteiger partial charge in [-0.25, -0.2) is 13.1 Å². The molecule has 0 atom stereocenters. The van der Waals surface area contributed by atoms with E-state index in [4.69, 9.17) is 0 Å². The third kappa shape index (κ3) is 4.13. The maximum Gasteiger partial charge on any atom is 0.251 e. The van der Waals surface area contributed by atoms with Crippen LogP contribution in [0.2, 0.25) is 0 Å². The Morgan fingerprint density at radius 3 is 2.52 bits per heavy atom. The molecule has 2 rings (SSSR count). The van der Waals surface area contributed by atoms with Crippen molar-refractivity contribution in [3.63, 3.8) is 0 Å². The summed E-state index contributed by atoms with van der Waals surface area (Å²) in [5.74, 6) is 0.293. The van der Waals surface area contributed by atoms with Gasteiger partial charge in [0.25, 0.3) is 5.91 Å². The van der Waals surface area contributed by atoms with Crippen molar-refractivity contribution in [1.29, 1.82) is 0 Å². The standard InChI is InChI=1S/C14H19N3O3S/c1-2-7-17-21(19,20)13-5-3-12(4-6-13)14(18)16-10-11-8-15-9-11/h2-6,11,15,17H,1,7-10H2,(H,16,18). The average molecular weight is 309 g/mol. The summed E-state index contributed by atoms with van der Waals surface area (Å²) in [6, 6.07) is 5.87. The van der Waals surface area contributed by atoms with E-state index in [2.05, 4.69) is 21.9 Å². The lowest BCUT2D eigenvalue weighted by molar-refractivity contribution is 0.0942. The number of rotatable bonds is 7. The first-order chi connectivity index (χ1) is 10.0. The van der Waals surface area contributed by atoms with Gasteiger partial charge < -0.3 is 10.6 Å². The van der Waals surface area contributed by atoms with Crippen molar-refractivity contribution in [2.45, 2.75) is 4.90 Å². The smallest absolute Gasteiger partial charge is 0.251 e. The van der Waals surface area contributed by atoms with Crippen LogP contribution in [0, 0.1) is 5.92 Å². The molecular formula is C14H19N3O3S. The summed E-state index contributed by atoms with van der Waals surface area (Å²) in [7, 11) is -3.55. The topological polar surface area (TPSA) is 87.3 Å². The van der Waals surface area contributed by atoms with Gasteiger partial charge in [0.15, 0.2) is 0 Å². The highest BCUT2D eigenvalue weighted by molar-refractivity contribution is 7.89. The molecule has 1 aromatic carbocycles. The maximum atomic E-state index is 11.9. The van der Waals surface area contributed by atoms with Gasteiger partial charge in [-0.3, -0.25) is 4.79 Å². The Hall–Kier alpha value is -1.70. The highest BCUT2D eigenvalue weighted by atomic mass is 32.2. The Kier molecular flexibility index (Phi) is 5.11. The summed E-state index contributed by atoms with van der Waals surface area (Å²) < 4.78 is 26.1. The zero-order valence-corrected chi connectivity index (χ0v) is 12.4. The van der Waals surface area contributed by atoms with Crippen LogP contribution in [-0.4, -0.2) is 40.5 Å².